The minimum atomic E-state index is 0.339. The summed E-state index contributed by atoms with van der Waals surface area (Å²) in [7, 11) is 0. The lowest BCUT2D eigenvalue weighted by atomic mass is 9.84. The van der Waals surface area contributed by atoms with Crippen LogP contribution in [0.4, 0.5) is 0 Å². The van der Waals surface area contributed by atoms with Crippen LogP contribution in [0.15, 0.2) is 12.7 Å². The highest BCUT2D eigenvalue weighted by Crippen LogP contribution is 2.24. The van der Waals surface area contributed by atoms with Crippen LogP contribution in [-0.4, -0.2) is 23.8 Å². The Morgan fingerprint density at radius 2 is 2.20 bits per heavy atom. The zero-order chi connectivity index (χ0) is 11.1. The Bertz CT molecular complexity index is 181. The molecule has 0 heterocycles. The molecule has 1 rings (SSSR count). The molecule has 15 heavy (non-hydrogen) atoms. The van der Waals surface area contributed by atoms with Gasteiger partial charge in [0, 0.05) is 18.7 Å². The van der Waals surface area contributed by atoms with Crippen LogP contribution in [0.2, 0.25) is 0 Å². The van der Waals surface area contributed by atoms with E-state index in [1.165, 1.54) is 25.7 Å². The fourth-order valence-electron chi connectivity index (χ4n) is 2.46. The average Bonchev–Trinajstić information content (AvgIpc) is 2.27. The molecule has 0 aromatic carbocycles. The molecule has 3 atom stereocenters. The minimum absolute atomic E-state index is 0.339. The SMILES string of the molecule is C=CCCC(C)NC1CCCCC1CO. The highest BCUT2D eigenvalue weighted by molar-refractivity contribution is 4.83. The maximum Gasteiger partial charge on any atom is 0.0474 e. The van der Waals surface area contributed by atoms with Crippen molar-refractivity contribution in [1.29, 1.82) is 0 Å². The van der Waals surface area contributed by atoms with Crippen molar-refractivity contribution in [2.75, 3.05) is 6.61 Å². The molecule has 0 amide bonds. The van der Waals surface area contributed by atoms with Crippen molar-refractivity contribution in [3.63, 3.8) is 0 Å². The maximum absolute atomic E-state index is 9.29. The number of allylic oxidation sites excluding steroid dienone is 1. The van der Waals surface area contributed by atoms with Gasteiger partial charge in [-0.15, -0.1) is 6.58 Å². The Balaban J connectivity index is 2.30. The predicted octanol–water partition coefficient (Wildman–Crippen LogP) is 2.48. The Labute approximate surface area is 93.8 Å². The van der Waals surface area contributed by atoms with Gasteiger partial charge in [-0.1, -0.05) is 18.9 Å². The first-order valence-corrected chi connectivity index (χ1v) is 6.25. The number of nitrogens with one attached hydrogen (secondary N) is 1. The molecule has 1 aliphatic rings. The van der Waals surface area contributed by atoms with E-state index < -0.39 is 0 Å². The van der Waals surface area contributed by atoms with Gasteiger partial charge in [0.1, 0.15) is 0 Å². The largest absolute Gasteiger partial charge is 0.396 e. The normalized spacial score (nSPS) is 28.7. The zero-order valence-corrected chi connectivity index (χ0v) is 9.91. The number of aliphatic hydroxyl groups excluding tert-OH is 1. The topological polar surface area (TPSA) is 32.3 Å². The Morgan fingerprint density at radius 3 is 2.87 bits per heavy atom. The predicted molar refractivity (Wildman–Crippen MR) is 64.9 cm³/mol. The molecule has 2 heteroatoms. The van der Waals surface area contributed by atoms with Crippen molar-refractivity contribution >= 4 is 0 Å². The number of rotatable bonds is 6. The van der Waals surface area contributed by atoms with Gasteiger partial charge < -0.3 is 10.4 Å². The lowest BCUT2D eigenvalue weighted by Gasteiger charge is -2.33. The molecule has 1 fully saturated rings. The third-order valence-electron chi connectivity index (χ3n) is 3.45. The van der Waals surface area contributed by atoms with Crippen molar-refractivity contribution < 1.29 is 5.11 Å². The number of aliphatic hydroxyl groups is 1. The molecule has 1 saturated carbocycles. The molecule has 0 aliphatic heterocycles. The standard InChI is InChI=1S/C13H25NO/c1-3-4-7-11(2)14-13-9-6-5-8-12(13)10-15/h3,11-15H,1,4-10H2,2H3. The Kier molecular flexibility index (Phi) is 5.96. The zero-order valence-electron chi connectivity index (χ0n) is 9.91. The first kappa shape index (κ1) is 12.7. The monoisotopic (exact) mass is 211 g/mol. The quantitative estimate of drug-likeness (QED) is 0.662. The second kappa shape index (κ2) is 7.02. The van der Waals surface area contributed by atoms with Gasteiger partial charge in [-0.2, -0.15) is 0 Å². The van der Waals surface area contributed by atoms with Gasteiger partial charge in [0.15, 0.2) is 0 Å². The van der Waals surface area contributed by atoms with Crippen LogP contribution in [0, 0.1) is 5.92 Å². The van der Waals surface area contributed by atoms with Crippen molar-refractivity contribution in [2.45, 2.75) is 57.5 Å². The molecule has 2 nitrogen and oxygen atoms in total. The highest BCUT2D eigenvalue weighted by atomic mass is 16.3. The second-order valence-corrected chi connectivity index (χ2v) is 4.77. The molecular formula is C13H25NO. The van der Waals surface area contributed by atoms with E-state index in [4.69, 9.17) is 0 Å². The summed E-state index contributed by atoms with van der Waals surface area (Å²) in [5.74, 6) is 0.477. The molecule has 2 N–H and O–H groups in total. The second-order valence-electron chi connectivity index (χ2n) is 4.77. The van der Waals surface area contributed by atoms with Crippen LogP contribution < -0.4 is 5.32 Å². The third-order valence-corrected chi connectivity index (χ3v) is 3.45. The number of hydrogen-bond acceptors (Lipinski definition) is 2. The third kappa shape index (κ3) is 4.35. The molecule has 0 aromatic rings. The molecule has 88 valence electrons. The molecule has 3 unspecified atom stereocenters. The molecule has 0 spiro atoms. The van der Waals surface area contributed by atoms with Gasteiger partial charge >= 0.3 is 0 Å². The smallest absolute Gasteiger partial charge is 0.0474 e. The van der Waals surface area contributed by atoms with E-state index in [1.807, 2.05) is 6.08 Å². The summed E-state index contributed by atoms with van der Waals surface area (Å²) in [6, 6.07) is 1.07. The van der Waals surface area contributed by atoms with Crippen LogP contribution in [0.3, 0.4) is 0 Å². The molecule has 0 bridgehead atoms. The molecule has 0 aromatic heterocycles. The Hall–Kier alpha value is -0.340. The van der Waals surface area contributed by atoms with Gasteiger partial charge in [0.25, 0.3) is 0 Å². The van der Waals surface area contributed by atoms with Gasteiger partial charge in [-0.3, -0.25) is 0 Å². The first-order chi connectivity index (χ1) is 7.27. The van der Waals surface area contributed by atoms with Crippen molar-refractivity contribution in [3.05, 3.63) is 12.7 Å². The number of hydrogen-bond donors (Lipinski definition) is 2. The van der Waals surface area contributed by atoms with E-state index in [0.29, 0.717) is 24.6 Å². The van der Waals surface area contributed by atoms with Crippen LogP contribution in [0.25, 0.3) is 0 Å². The van der Waals surface area contributed by atoms with Crippen LogP contribution in [0.1, 0.15) is 45.4 Å². The molecule has 0 saturated heterocycles. The van der Waals surface area contributed by atoms with E-state index >= 15 is 0 Å². The van der Waals surface area contributed by atoms with Crippen LogP contribution in [0.5, 0.6) is 0 Å². The van der Waals surface area contributed by atoms with Crippen molar-refractivity contribution in [1.82, 2.24) is 5.32 Å². The summed E-state index contributed by atoms with van der Waals surface area (Å²) in [6.45, 7) is 6.31. The lowest BCUT2D eigenvalue weighted by Crippen LogP contribution is -2.44. The summed E-state index contributed by atoms with van der Waals surface area (Å²) in [5.41, 5.74) is 0. The van der Waals surface area contributed by atoms with Gasteiger partial charge in [-0.25, -0.2) is 0 Å². The van der Waals surface area contributed by atoms with Gasteiger partial charge in [0.05, 0.1) is 0 Å². The van der Waals surface area contributed by atoms with E-state index in [0.717, 1.165) is 12.8 Å². The van der Waals surface area contributed by atoms with Crippen molar-refractivity contribution in [3.8, 4) is 0 Å². The Morgan fingerprint density at radius 1 is 1.47 bits per heavy atom. The maximum atomic E-state index is 9.29. The van der Waals surface area contributed by atoms with Crippen LogP contribution in [-0.2, 0) is 0 Å². The fourth-order valence-corrected chi connectivity index (χ4v) is 2.46. The van der Waals surface area contributed by atoms with E-state index in [-0.39, 0.29) is 0 Å². The van der Waals surface area contributed by atoms with Gasteiger partial charge in [-0.05, 0) is 38.5 Å². The van der Waals surface area contributed by atoms with Crippen LogP contribution >= 0.6 is 0 Å². The highest BCUT2D eigenvalue weighted by Gasteiger charge is 2.24. The van der Waals surface area contributed by atoms with E-state index in [1.54, 1.807) is 0 Å². The van der Waals surface area contributed by atoms with E-state index in [9.17, 15) is 5.11 Å². The molecule has 0 radical (unpaired) electrons. The van der Waals surface area contributed by atoms with Crippen molar-refractivity contribution in [2.24, 2.45) is 5.92 Å². The molecular weight excluding hydrogens is 186 g/mol. The summed E-state index contributed by atoms with van der Waals surface area (Å²) >= 11 is 0. The molecule has 1 aliphatic carbocycles. The summed E-state index contributed by atoms with van der Waals surface area (Å²) in [5, 5.41) is 12.9. The summed E-state index contributed by atoms with van der Waals surface area (Å²) in [6.07, 6.45) is 9.20. The first-order valence-electron chi connectivity index (χ1n) is 6.25. The average molecular weight is 211 g/mol. The minimum Gasteiger partial charge on any atom is -0.396 e. The van der Waals surface area contributed by atoms with E-state index in [2.05, 4.69) is 18.8 Å². The van der Waals surface area contributed by atoms with Gasteiger partial charge in [0.2, 0.25) is 0 Å². The summed E-state index contributed by atoms with van der Waals surface area (Å²) < 4.78 is 0. The summed E-state index contributed by atoms with van der Waals surface area (Å²) in [4.78, 5) is 0. The lowest BCUT2D eigenvalue weighted by molar-refractivity contribution is 0.146. The fraction of sp³-hybridized carbons (Fsp3) is 0.846.